The fourth-order valence-electron chi connectivity index (χ4n) is 1.95. The van der Waals surface area contributed by atoms with Crippen LogP contribution < -0.4 is 14.8 Å². The Morgan fingerprint density at radius 3 is 2.28 bits per heavy atom. The monoisotopic (exact) mass is 440 g/mol. The third-order valence-corrected chi connectivity index (χ3v) is 6.67. The molecule has 1 heterocycles. The molecule has 0 unspecified atom stereocenters. The number of ether oxygens (including phenoxy) is 1. The highest BCUT2D eigenvalue weighted by Gasteiger charge is 2.29. The minimum atomic E-state index is -4.57. The standard InChI is InChI=1S/C15H16N6O6S2/c1-5-12-16-13(19-15(17-12)27-4)18-14(22)20-28(23,24)10-8-6-7-9-11(10)29(25,26)21(2)3/h1,6-9H,2-4H3,(H2,16,17,18,19,20,22). The van der Waals surface area contributed by atoms with E-state index in [0.29, 0.717) is 0 Å². The lowest BCUT2D eigenvalue weighted by Gasteiger charge is -2.15. The summed E-state index contributed by atoms with van der Waals surface area (Å²) in [7, 11) is -4.91. The van der Waals surface area contributed by atoms with E-state index >= 15 is 0 Å². The Morgan fingerprint density at radius 1 is 1.10 bits per heavy atom. The van der Waals surface area contributed by atoms with Gasteiger partial charge in [0.05, 0.1) is 7.11 Å². The van der Waals surface area contributed by atoms with Crippen molar-refractivity contribution in [3.8, 4) is 18.4 Å². The van der Waals surface area contributed by atoms with Gasteiger partial charge in [-0.1, -0.05) is 12.1 Å². The number of rotatable bonds is 6. The van der Waals surface area contributed by atoms with Crippen LogP contribution in [0.3, 0.4) is 0 Å². The maximum Gasteiger partial charge on any atom is 0.335 e. The summed E-state index contributed by atoms with van der Waals surface area (Å²) in [5.74, 6) is 1.60. The number of benzene rings is 1. The summed E-state index contributed by atoms with van der Waals surface area (Å²) in [5, 5.41) is 2.07. The summed E-state index contributed by atoms with van der Waals surface area (Å²) < 4.78 is 57.3. The molecular formula is C15H16N6O6S2. The number of hydrogen-bond acceptors (Lipinski definition) is 9. The number of methoxy groups -OCH3 is 1. The van der Waals surface area contributed by atoms with Crippen molar-refractivity contribution in [2.75, 3.05) is 26.5 Å². The second kappa shape index (κ2) is 8.39. The Labute approximate surface area is 167 Å². The first-order valence-electron chi connectivity index (χ1n) is 7.63. The molecule has 0 bridgehead atoms. The summed E-state index contributed by atoms with van der Waals surface area (Å²) in [6.07, 6.45) is 5.19. The minimum absolute atomic E-state index is 0.155. The first-order valence-corrected chi connectivity index (χ1v) is 10.6. The Kier molecular flexibility index (Phi) is 6.37. The van der Waals surface area contributed by atoms with Crippen LogP contribution in [0.2, 0.25) is 0 Å². The van der Waals surface area contributed by atoms with Crippen molar-refractivity contribution in [2.24, 2.45) is 0 Å². The first-order chi connectivity index (χ1) is 13.5. The van der Waals surface area contributed by atoms with E-state index in [-0.39, 0.29) is 17.8 Å². The third kappa shape index (κ3) is 4.96. The fraction of sp³-hybridized carbons (Fsp3) is 0.200. The van der Waals surface area contributed by atoms with E-state index in [1.54, 1.807) is 4.72 Å². The van der Waals surface area contributed by atoms with Gasteiger partial charge in [-0.2, -0.15) is 15.0 Å². The first kappa shape index (κ1) is 22.0. The molecule has 0 atom stereocenters. The largest absolute Gasteiger partial charge is 0.467 e. The number of nitrogens with one attached hydrogen (secondary N) is 2. The molecule has 1 aromatic carbocycles. The molecule has 12 nitrogen and oxygen atoms in total. The molecule has 2 N–H and O–H groups in total. The zero-order chi connectivity index (χ0) is 21.8. The van der Waals surface area contributed by atoms with Crippen molar-refractivity contribution in [3.63, 3.8) is 0 Å². The minimum Gasteiger partial charge on any atom is -0.467 e. The van der Waals surface area contributed by atoms with E-state index < -0.39 is 35.9 Å². The number of sulfonamides is 2. The Morgan fingerprint density at radius 2 is 1.72 bits per heavy atom. The highest BCUT2D eigenvalue weighted by Crippen LogP contribution is 2.22. The summed E-state index contributed by atoms with van der Waals surface area (Å²) in [4.78, 5) is 22.2. The molecular weight excluding hydrogens is 424 g/mol. The van der Waals surface area contributed by atoms with Crippen LogP contribution >= 0.6 is 0 Å². The van der Waals surface area contributed by atoms with E-state index in [9.17, 15) is 21.6 Å². The number of nitrogens with zero attached hydrogens (tertiary/aromatic N) is 4. The van der Waals surface area contributed by atoms with Gasteiger partial charge in [0.15, 0.2) is 0 Å². The molecule has 2 rings (SSSR count). The molecule has 0 saturated heterocycles. The summed E-state index contributed by atoms with van der Waals surface area (Å²) in [6, 6.07) is 3.38. The fourth-order valence-corrected chi connectivity index (χ4v) is 4.56. The Bertz CT molecular complexity index is 1190. The molecule has 1 aromatic heterocycles. The summed E-state index contributed by atoms with van der Waals surface area (Å²) in [5.41, 5.74) is 0. The predicted octanol–water partition coefficient (Wildman–Crippen LogP) is -0.378. The van der Waals surface area contributed by atoms with E-state index in [1.807, 2.05) is 0 Å². The van der Waals surface area contributed by atoms with Crippen LogP contribution in [0.5, 0.6) is 6.01 Å². The predicted molar refractivity (Wildman–Crippen MR) is 101 cm³/mol. The molecule has 0 radical (unpaired) electrons. The summed E-state index contributed by atoms with van der Waals surface area (Å²) in [6.45, 7) is 0. The number of urea groups is 1. The number of anilines is 1. The second-order valence-electron chi connectivity index (χ2n) is 5.41. The van der Waals surface area contributed by atoms with Gasteiger partial charge in [0.1, 0.15) is 9.79 Å². The summed E-state index contributed by atoms with van der Waals surface area (Å²) >= 11 is 0. The molecule has 2 aromatic rings. The van der Waals surface area contributed by atoms with Crippen molar-refractivity contribution >= 4 is 32.0 Å². The molecule has 0 saturated carbocycles. The molecule has 0 aliphatic heterocycles. The highest BCUT2D eigenvalue weighted by molar-refractivity contribution is 7.92. The van der Waals surface area contributed by atoms with Gasteiger partial charge >= 0.3 is 12.0 Å². The van der Waals surface area contributed by atoms with Crippen LogP contribution in [0.25, 0.3) is 0 Å². The van der Waals surface area contributed by atoms with Crippen LogP contribution in [-0.2, 0) is 20.0 Å². The van der Waals surface area contributed by atoms with E-state index in [4.69, 9.17) is 11.2 Å². The molecule has 0 fully saturated rings. The van der Waals surface area contributed by atoms with Gasteiger partial charge in [0, 0.05) is 14.1 Å². The number of hydrogen-bond donors (Lipinski definition) is 2. The SMILES string of the molecule is C#Cc1nc(NC(=O)NS(=O)(=O)c2ccccc2S(=O)(=O)N(C)C)nc(OC)n1. The van der Waals surface area contributed by atoms with Crippen LogP contribution in [0.4, 0.5) is 10.7 Å². The van der Waals surface area contributed by atoms with Crippen molar-refractivity contribution in [3.05, 3.63) is 30.1 Å². The quantitative estimate of drug-likeness (QED) is 0.571. The lowest BCUT2D eigenvalue weighted by atomic mass is 10.4. The van der Waals surface area contributed by atoms with Crippen molar-refractivity contribution in [1.82, 2.24) is 24.0 Å². The van der Waals surface area contributed by atoms with Crippen molar-refractivity contribution < 1.29 is 26.4 Å². The van der Waals surface area contributed by atoms with Gasteiger partial charge in [-0.3, -0.25) is 5.32 Å². The molecule has 0 aliphatic carbocycles. The van der Waals surface area contributed by atoms with Gasteiger partial charge in [-0.25, -0.2) is 30.7 Å². The number of amides is 2. The van der Waals surface area contributed by atoms with Gasteiger partial charge in [0.25, 0.3) is 10.0 Å². The molecule has 0 aliphatic rings. The zero-order valence-corrected chi connectivity index (χ0v) is 17.1. The molecule has 0 spiro atoms. The van der Waals surface area contributed by atoms with Crippen molar-refractivity contribution in [1.29, 1.82) is 0 Å². The van der Waals surface area contributed by atoms with E-state index in [0.717, 1.165) is 16.4 Å². The topological polar surface area (TPSA) is 161 Å². The molecule has 154 valence electrons. The smallest absolute Gasteiger partial charge is 0.335 e. The molecule has 29 heavy (non-hydrogen) atoms. The average Bonchev–Trinajstić information content (AvgIpc) is 2.66. The maximum absolute atomic E-state index is 12.6. The van der Waals surface area contributed by atoms with Crippen LogP contribution in [-0.4, -0.2) is 63.3 Å². The van der Waals surface area contributed by atoms with E-state index in [1.165, 1.54) is 33.3 Å². The van der Waals surface area contributed by atoms with E-state index in [2.05, 4.69) is 26.2 Å². The van der Waals surface area contributed by atoms with Gasteiger partial charge in [0.2, 0.25) is 21.8 Å². The number of carbonyl (C=O) groups excluding carboxylic acids is 1. The molecule has 14 heteroatoms. The highest BCUT2D eigenvalue weighted by atomic mass is 32.2. The lowest BCUT2D eigenvalue weighted by molar-refractivity contribution is 0.256. The third-order valence-electron chi connectivity index (χ3n) is 3.28. The maximum atomic E-state index is 12.6. The lowest BCUT2D eigenvalue weighted by Crippen LogP contribution is -2.36. The Hall–Kier alpha value is -3.28. The average molecular weight is 440 g/mol. The number of aromatic nitrogens is 3. The van der Waals surface area contributed by atoms with Crippen LogP contribution in [0.1, 0.15) is 5.82 Å². The van der Waals surface area contributed by atoms with Crippen molar-refractivity contribution in [2.45, 2.75) is 9.79 Å². The Balaban J connectivity index is 2.34. The van der Waals surface area contributed by atoms with Gasteiger partial charge in [-0.15, -0.1) is 6.42 Å². The molecule has 2 amide bonds. The number of terminal acetylenes is 1. The van der Waals surface area contributed by atoms with Gasteiger partial charge in [-0.05, 0) is 18.1 Å². The van der Waals surface area contributed by atoms with Gasteiger partial charge < -0.3 is 4.74 Å². The zero-order valence-electron chi connectivity index (χ0n) is 15.4. The second-order valence-corrected chi connectivity index (χ2v) is 9.18. The normalized spacial score (nSPS) is 11.6. The van der Waals surface area contributed by atoms with Crippen LogP contribution in [0, 0.1) is 12.3 Å². The van der Waals surface area contributed by atoms with Crippen LogP contribution in [0.15, 0.2) is 34.1 Å². The number of carbonyl (C=O) groups is 1.